The Morgan fingerprint density at radius 1 is 1.33 bits per heavy atom. The fourth-order valence-electron chi connectivity index (χ4n) is 2.88. The lowest BCUT2D eigenvalue weighted by molar-refractivity contribution is -0.121. The third-order valence-electron chi connectivity index (χ3n) is 4.21. The maximum Gasteiger partial charge on any atom is 0.134 e. The monoisotopic (exact) mass is 254 g/mol. The summed E-state index contributed by atoms with van der Waals surface area (Å²) < 4.78 is 5.56. The lowest BCUT2D eigenvalue weighted by atomic mass is 10.0. The molecular weight excluding hydrogens is 228 g/mol. The van der Waals surface area contributed by atoms with Crippen molar-refractivity contribution in [2.45, 2.75) is 44.2 Å². The maximum atomic E-state index is 12.0. The number of nitrogens with zero attached hydrogens (tertiary/aromatic N) is 2. The van der Waals surface area contributed by atoms with Crippen molar-refractivity contribution in [3.63, 3.8) is 0 Å². The highest BCUT2D eigenvalue weighted by Gasteiger charge is 2.25. The Kier molecular flexibility index (Phi) is 5.15. The van der Waals surface area contributed by atoms with Gasteiger partial charge in [-0.05, 0) is 33.4 Å². The lowest BCUT2D eigenvalue weighted by Crippen LogP contribution is -2.50. The molecule has 2 atom stereocenters. The molecule has 0 saturated carbocycles. The summed E-state index contributed by atoms with van der Waals surface area (Å²) in [5.41, 5.74) is 0. The maximum absolute atomic E-state index is 12.0. The Bertz CT molecular complexity index is 277. The highest BCUT2D eigenvalue weighted by atomic mass is 16.5. The van der Waals surface area contributed by atoms with Crippen LogP contribution in [-0.2, 0) is 9.53 Å². The molecule has 0 spiro atoms. The van der Waals surface area contributed by atoms with E-state index in [1.807, 2.05) is 0 Å². The molecule has 2 rings (SSSR count). The zero-order chi connectivity index (χ0) is 13.0. The number of carbonyl (C=O) groups is 1. The molecule has 18 heavy (non-hydrogen) atoms. The van der Waals surface area contributed by atoms with Gasteiger partial charge >= 0.3 is 0 Å². The normalized spacial score (nSPS) is 30.8. The predicted octanol–water partition coefficient (Wildman–Crippen LogP) is 1.15. The Labute approximate surface area is 110 Å². The molecular formula is C14H26N2O2. The summed E-state index contributed by atoms with van der Waals surface area (Å²) in [6, 6.07) is 0.403. The summed E-state index contributed by atoms with van der Waals surface area (Å²) in [4.78, 5) is 16.7. The number of hydrogen-bond acceptors (Lipinski definition) is 4. The van der Waals surface area contributed by atoms with Crippen molar-refractivity contribution in [2.75, 3.05) is 40.3 Å². The van der Waals surface area contributed by atoms with Gasteiger partial charge in [0.1, 0.15) is 5.78 Å². The molecule has 2 fully saturated rings. The molecule has 4 heteroatoms. The van der Waals surface area contributed by atoms with Gasteiger partial charge in [-0.25, -0.2) is 0 Å². The molecule has 2 unspecified atom stereocenters. The van der Waals surface area contributed by atoms with Crippen LogP contribution in [-0.4, -0.2) is 68.1 Å². The number of piperazine rings is 1. The van der Waals surface area contributed by atoms with Gasteiger partial charge < -0.3 is 14.5 Å². The zero-order valence-electron chi connectivity index (χ0n) is 11.7. The van der Waals surface area contributed by atoms with Crippen LogP contribution < -0.4 is 0 Å². The van der Waals surface area contributed by atoms with E-state index in [2.05, 4.69) is 23.9 Å². The van der Waals surface area contributed by atoms with E-state index in [9.17, 15) is 4.79 Å². The van der Waals surface area contributed by atoms with Crippen molar-refractivity contribution >= 4 is 5.78 Å². The van der Waals surface area contributed by atoms with Crippen molar-refractivity contribution in [3.8, 4) is 0 Å². The fourth-order valence-corrected chi connectivity index (χ4v) is 2.88. The van der Waals surface area contributed by atoms with Gasteiger partial charge in [0, 0.05) is 45.1 Å². The summed E-state index contributed by atoms with van der Waals surface area (Å²) in [6.45, 7) is 4.08. The minimum absolute atomic E-state index is 0.348. The van der Waals surface area contributed by atoms with E-state index in [4.69, 9.17) is 4.74 Å². The number of Topliss-reactive ketones (excluding diaryl/α,β-unsaturated/α-hetero) is 1. The molecule has 0 aromatic heterocycles. The van der Waals surface area contributed by atoms with Crippen molar-refractivity contribution in [1.29, 1.82) is 0 Å². The average molecular weight is 254 g/mol. The molecule has 2 aliphatic rings. The number of hydrogen-bond donors (Lipinski definition) is 0. The van der Waals surface area contributed by atoms with Crippen LogP contribution in [0.25, 0.3) is 0 Å². The van der Waals surface area contributed by atoms with E-state index >= 15 is 0 Å². The van der Waals surface area contributed by atoms with Gasteiger partial charge in [-0.15, -0.1) is 0 Å². The van der Waals surface area contributed by atoms with Crippen LogP contribution in [0, 0.1) is 0 Å². The number of ether oxygens (including phenoxy) is 1. The number of rotatable bonds is 5. The van der Waals surface area contributed by atoms with Crippen LogP contribution in [0.15, 0.2) is 0 Å². The third-order valence-corrected chi connectivity index (χ3v) is 4.21. The SMILES string of the molecule is CN1CCN(C)C(CC(=O)CCC2CCCO2)C1. The van der Waals surface area contributed by atoms with Crippen LogP contribution in [0.1, 0.15) is 32.1 Å². The van der Waals surface area contributed by atoms with Gasteiger partial charge in [-0.1, -0.05) is 0 Å². The van der Waals surface area contributed by atoms with Gasteiger partial charge in [0.25, 0.3) is 0 Å². The minimum Gasteiger partial charge on any atom is -0.378 e. The van der Waals surface area contributed by atoms with Crippen LogP contribution in [0.4, 0.5) is 0 Å². The number of carbonyl (C=O) groups excluding carboxylic acids is 1. The van der Waals surface area contributed by atoms with Crippen molar-refractivity contribution in [1.82, 2.24) is 9.80 Å². The van der Waals surface area contributed by atoms with Crippen LogP contribution in [0.2, 0.25) is 0 Å². The van der Waals surface area contributed by atoms with Gasteiger partial charge in [0.2, 0.25) is 0 Å². The molecule has 2 aliphatic heterocycles. The van der Waals surface area contributed by atoms with Gasteiger partial charge in [-0.3, -0.25) is 4.79 Å². The molecule has 0 N–H and O–H groups in total. The predicted molar refractivity (Wildman–Crippen MR) is 71.7 cm³/mol. The first-order valence-electron chi connectivity index (χ1n) is 7.17. The topological polar surface area (TPSA) is 32.8 Å². The summed E-state index contributed by atoms with van der Waals surface area (Å²) >= 11 is 0. The Balaban J connectivity index is 1.69. The average Bonchev–Trinajstić information content (AvgIpc) is 2.84. The molecule has 0 bridgehead atoms. The molecule has 0 aromatic carbocycles. The molecule has 0 aromatic rings. The molecule has 0 aliphatic carbocycles. The highest BCUT2D eigenvalue weighted by molar-refractivity contribution is 5.79. The Morgan fingerprint density at radius 3 is 2.89 bits per heavy atom. The van der Waals surface area contributed by atoms with Crippen LogP contribution >= 0.6 is 0 Å². The number of likely N-dealkylation sites (N-methyl/N-ethyl adjacent to an activating group) is 2. The summed E-state index contributed by atoms with van der Waals surface area (Å²) in [5, 5.41) is 0. The zero-order valence-corrected chi connectivity index (χ0v) is 11.7. The van der Waals surface area contributed by atoms with Crippen LogP contribution in [0.5, 0.6) is 0 Å². The molecule has 0 amide bonds. The van der Waals surface area contributed by atoms with E-state index in [0.29, 0.717) is 30.8 Å². The largest absolute Gasteiger partial charge is 0.378 e. The second-order valence-electron chi connectivity index (χ2n) is 5.81. The Hall–Kier alpha value is -0.450. The van der Waals surface area contributed by atoms with Crippen LogP contribution in [0.3, 0.4) is 0 Å². The smallest absolute Gasteiger partial charge is 0.134 e. The van der Waals surface area contributed by atoms with Crippen molar-refractivity contribution < 1.29 is 9.53 Å². The van der Waals surface area contributed by atoms with Gasteiger partial charge in [0.05, 0.1) is 6.10 Å². The summed E-state index contributed by atoms with van der Waals surface area (Å²) in [6.07, 6.45) is 4.96. The van der Waals surface area contributed by atoms with E-state index < -0.39 is 0 Å². The quantitative estimate of drug-likeness (QED) is 0.737. The van der Waals surface area contributed by atoms with Gasteiger partial charge in [-0.2, -0.15) is 0 Å². The van der Waals surface area contributed by atoms with E-state index in [-0.39, 0.29) is 0 Å². The molecule has 2 heterocycles. The molecule has 2 saturated heterocycles. The molecule has 104 valence electrons. The molecule has 0 radical (unpaired) electrons. The minimum atomic E-state index is 0.348. The first kappa shape index (κ1) is 14.0. The first-order valence-corrected chi connectivity index (χ1v) is 7.17. The number of ketones is 1. The first-order chi connectivity index (χ1) is 8.65. The van der Waals surface area contributed by atoms with E-state index in [0.717, 1.165) is 45.5 Å². The summed E-state index contributed by atoms with van der Waals surface area (Å²) in [7, 11) is 4.27. The fraction of sp³-hybridized carbons (Fsp3) is 0.929. The highest BCUT2D eigenvalue weighted by Crippen LogP contribution is 2.18. The lowest BCUT2D eigenvalue weighted by Gasteiger charge is -2.37. The van der Waals surface area contributed by atoms with Crippen molar-refractivity contribution in [3.05, 3.63) is 0 Å². The second-order valence-corrected chi connectivity index (χ2v) is 5.81. The van der Waals surface area contributed by atoms with E-state index in [1.165, 1.54) is 0 Å². The second kappa shape index (κ2) is 6.64. The van der Waals surface area contributed by atoms with E-state index in [1.54, 1.807) is 0 Å². The van der Waals surface area contributed by atoms with Gasteiger partial charge in [0.15, 0.2) is 0 Å². The van der Waals surface area contributed by atoms with Crippen molar-refractivity contribution in [2.24, 2.45) is 0 Å². The third kappa shape index (κ3) is 4.04. The molecule has 4 nitrogen and oxygen atoms in total. The standard InChI is InChI=1S/C14H26N2O2/c1-15-7-8-16(2)12(11-15)10-13(17)5-6-14-4-3-9-18-14/h12,14H,3-11H2,1-2H3. The Morgan fingerprint density at radius 2 is 2.17 bits per heavy atom. The summed E-state index contributed by atoms with van der Waals surface area (Å²) in [5.74, 6) is 0.401.